The molecule has 0 unspecified atom stereocenters. The normalized spacial score (nSPS) is 10.8. The number of hydrogen-bond donors (Lipinski definition) is 1. The highest BCUT2D eigenvalue weighted by Crippen LogP contribution is 2.31. The van der Waals surface area contributed by atoms with Gasteiger partial charge in [-0.2, -0.15) is 0 Å². The average molecular weight is 272 g/mol. The fourth-order valence-electron chi connectivity index (χ4n) is 2.50. The maximum Gasteiger partial charge on any atom is 0.222 e. The van der Waals surface area contributed by atoms with Crippen molar-refractivity contribution in [1.29, 1.82) is 0 Å². The lowest BCUT2D eigenvalue weighted by Crippen LogP contribution is -2.14. The predicted octanol–water partition coefficient (Wildman–Crippen LogP) is 3.60. The predicted molar refractivity (Wildman–Crippen MR) is 81.2 cm³/mol. The Balaban J connectivity index is 2.70. The van der Waals surface area contributed by atoms with Crippen LogP contribution in [0.5, 0.6) is 0 Å². The van der Waals surface area contributed by atoms with Gasteiger partial charge in [0.25, 0.3) is 0 Å². The van der Waals surface area contributed by atoms with Gasteiger partial charge in [0.15, 0.2) is 5.78 Å². The molecule has 0 saturated heterocycles. The van der Waals surface area contributed by atoms with E-state index in [4.69, 9.17) is 0 Å². The van der Waals surface area contributed by atoms with Gasteiger partial charge in [0.05, 0.1) is 11.1 Å². The molecule has 2 rings (SSSR count). The van der Waals surface area contributed by atoms with Gasteiger partial charge >= 0.3 is 0 Å². The van der Waals surface area contributed by atoms with Crippen LogP contribution in [0.15, 0.2) is 24.3 Å². The number of nitrogens with zero attached hydrogens (tertiary/aromatic N) is 1. The number of unbranched alkanes of at least 4 members (excludes halogenated alkanes) is 1. The summed E-state index contributed by atoms with van der Waals surface area (Å²) in [6.45, 7) is 5.92. The Bertz CT molecular complexity index is 656. The van der Waals surface area contributed by atoms with Crippen LogP contribution in [-0.4, -0.2) is 16.3 Å². The third-order valence-electron chi connectivity index (χ3n) is 3.35. The largest absolute Gasteiger partial charge is 0.327 e. The summed E-state index contributed by atoms with van der Waals surface area (Å²) < 4.78 is 2.04. The van der Waals surface area contributed by atoms with E-state index in [0.29, 0.717) is 11.4 Å². The minimum atomic E-state index is -0.159. The Kier molecular flexibility index (Phi) is 4.23. The first-order valence-electron chi connectivity index (χ1n) is 6.96. The molecule has 20 heavy (non-hydrogen) atoms. The second kappa shape index (κ2) is 5.90. The molecule has 0 saturated carbocycles. The molecule has 106 valence electrons. The van der Waals surface area contributed by atoms with Gasteiger partial charge in [-0.15, -0.1) is 0 Å². The number of carbonyl (C=O) groups is 2. The van der Waals surface area contributed by atoms with Crippen LogP contribution in [0.4, 0.5) is 5.82 Å². The summed E-state index contributed by atoms with van der Waals surface area (Å²) in [4.78, 5) is 23.4. The van der Waals surface area contributed by atoms with E-state index in [1.165, 1.54) is 13.8 Å². The standard InChI is InChI=1S/C16H20N2O2/c1-4-5-10-18-14-9-7-6-8-13(14)15(11(2)19)16(18)17-12(3)20/h6-9H,4-5,10H2,1-3H3,(H,17,20). The number of anilines is 1. The van der Waals surface area contributed by atoms with Crippen LogP contribution in [0.3, 0.4) is 0 Å². The minimum Gasteiger partial charge on any atom is -0.327 e. The van der Waals surface area contributed by atoms with E-state index >= 15 is 0 Å². The minimum absolute atomic E-state index is 0.0276. The van der Waals surface area contributed by atoms with Gasteiger partial charge in [0, 0.05) is 18.9 Å². The number of nitrogens with one attached hydrogen (secondary N) is 1. The lowest BCUT2D eigenvalue weighted by atomic mass is 10.1. The van der Waals surface area contributed by atoms with Crippen LogP contribution in [0.1, 0.15) is 44.0 Å². The monoisotopic (exact) mass is 272 g/mol. The van der Waals surface area contributed by atoms with Crippen molar-refractivity contribution in [2.45, 2.75) is 40.2 Å². The molecule has 0 atom stereocenters. The van der Waals surface area contributed by atoms with Gasteiger partial charge in [-0.3, -0.25) is 9.59 Å². The summed E-state index contributed by atoms with van der Waals surface area (Å²) in [6.07, 6.45) is 2.06. The number of aryl methyl sites for hydroxylation is 1. The molecular formula is C16H20N2O2. The molecule has 0 bridgehead atoms. The van der Waals surface area contributed by atoms with E-state index in [9.17, 15) is 9.59 Å². The van der Waals surface area contributed by atoms with E-state index < -0.39 is 0 Å². The van der Waals surface area contributed by atoms with Crippen molar-refractivity contribution in [2.75, 3.05) is 5.32 Å². The van der Waals surface area contributed by atoms with Crippen molar-refractivity contribution < 1.29 is 9.59 Å². The van der Waals surface area contributed by atoms with Crippen molar-refractivity contribution in [3.05, 3.63) is 29.8 Å². The summed E-state index contributed by atoms with van der Waals surface area (Å²) in [7, 11) is 0. The Morgan fingerprint density at radius 3 is 2.50 bits per heavy atom. The van der Waals surface area contributed by atoms with Gasteiger partial charge in [0.2, 0.25) is 5.91 Å². The van der Waals surface area contributed by atoms with Crippen molar-refractivity contribution in [2.24, 2.45) is 0 Å². The van der Waals surface area contributed by atoms with Gasteiger partial charge in [-0.05, 0) is 19.4 Å². The number of carbonyl (C=O) groups excluding carboxylic acids is 2. The Morgan fingerprint density at radius 1 is 1.20 bits per heavy atom. The summed E-state index contributed by atoms with van der Waals surface area (Å²) in [5.74, 6) is 0.438. The number of Topliss-reactive ketones (excluding diaryl/α,β-unsaturated/α-hetero) is 1. The number of aromatic nitrogens is 1. The van der Waals surface area contributed by atoms with Crippen LogP contribution in [0.2, 0.25) is 0 Å². The summed E-state index contributed by atoms with van der Waals surface area (Å²) >= 11 is 0. The molecule has 0 aliphatic carbocycles. The number of fused-ring (bicyclic) bond motifs is 1. The Morgan fingerprint density at radius 2 is 1.90 bits per heavy atom. The van der Waals surface area contributed by atoms with Gasteiger partial charge in [-0.1, -0.05) is 31.5 Å². The van der Waals surface area contributed by atoms with Gasteiger partial charge < -0.3 is 9.88 Å². The zero-order chi connectivity index (χ0) is 14.7. The van der Waals surface area contributed by atoms with E-state index in [1.54, 1.807) is 0 Å². The zero-order valence-electron chi connectivity index (χ0n) is 12.2. The number of rotatable bonds is 5. The molecule has 2 aromatic rings. The average Bonchev–Trinajstić information content (AvgIpc) is 2.69. The molecule has 4 heteroatoms. The van der Waals surface area contributed by atoms with E-state index in [1.807, 2.05) is 28.8 Å². The van der Waals surface area contributed by atoms with E-state index in [2.05, 4.69) is 12.2 Å². The van der Waals surface area contributed by atoms with E-state index in [-0.39, 0.29) is 11.7 Å². The number of hydrogen-bond acceptors (Lipinski definition) is 2. The SMILES string of the molecule is CCCCn1c(NC(C)=O)c(C(C)=O)c2ccccc21. The molecule has 1 aromatic carbocycles. The van der Waals surface area contributed by atoms with Crippen molar-refractivity contribution in [1.82, 2.24) is 4.57 Å². The summed E-state index contributed by atoms with van der Waals surface area (Å²) in [5, 5.41) is 3.73. The lowest BCUT2D eigenvalue weighted by molar-refractivity contribution is -0.114. The molecule has 4 nitrogen and oxygen atoms in total. The highest BCUT2D eigenvalue weighted by atomic mass is 16.1. The molecule has 0 spiro atoms. The summed E-state index contributed by atoms with van der Waals surface area (Å²) in [6, 6.07) is 7.78. The fourth-order valence-corrected chi connectivity index (χ4v) is 2.50. The van der Waals surface area contributed by atoms with Gasteiger partial charge in [-0.25, -0.2) is 0 Å². The van der Waals surface area contributed by atoms with Gasteiger partial charge in [0.1, 0.15) is 5.82 Å². The summed E-state index contributed by atoms with van der Waals surface area (Å²) in [5.41, 5.74) is 1.60. The highest BCUT2D eigenvalue weighted by molar-refractivity contribution is 6.13. The number of para-hydroxylation sites is 1. The first-order chi connectivity index (χ1) is 9.56. The second-order valence-electron chi connectivity index (χ2n) is 4.98. The molecule has 0 fully saturated rings. The van der Waals surface area contributed by atoms with Crippen LogP contribution in [0.25, 0.3) is 10.9 Å². The maximum absolute atomic E-state index is 12.0. The molecule has 1 amide bonds. The quantitative estimate of drug-likeness (QED) is 0.845. The lowest BCUT2D eigenvalue weighted by Gasteiger charge is -2.11. The number of amides is 1. The first kappa shape index (κ1) is 14.3. The first-order valence-corrected chi connectivity index (χ1v) is 6.96. The van der Waals surface area contributed by atoms with Crippen molar-refractivity contribution in [3.8, 4) is 0 Å². The molecule has 0 radical (unpaired) electrons. The Labute approximate surface area is 118 Å². The third-order valence-corrected chi connectivity index (χ3v) is 3.35. The van der Waals surface area contributed by atoms with Crippen molar-refractivity contribution in [3.63, 3.8) is 0 Å². The molecule has 1 aromatic heterocycles. The zero-order valence-corrected chi connectivity index (χ0v) is 12.2. The second-order valence-corrected chi connectivity index (χ2v) is 4.98. The number of benzene rings is 1. The molecule has 1 heterocycles. The highest BCUT2D eigenvalue weighted by Gasteiger charge is 2.20. The topological polar surface area (TPSA) is 51.1 Å². The van der Waals surface area contributed by atoms with Crippen LogP contribution in [0, 0.1) is 0 Å². The maximum atomic E-state index is 12.0. The third kappa shape index (κ3) is 2.59. The van der Waals surface area contributed by atoms with Crippen molar-refractivity contribution >= 4 is 28.4 Å². The fraction of sp³-hybridized carbons (Fsp3) is 0.375. The molecule has 0 aliphatic heterocycles. The van der Waals surface area contributed by atoms with Crippen LogP contribution < -0.4 is 5.32 Å². The molecule has 0 aliphatic rings. The Hall–Kier alpha value is -2.10. The smallest absolute Gasteiger partial charge is 0.222 e. The van der Waals surface area contributed by atoms with E-state index in [0.717, 1.165) is 30.3 Å². The van der Waals surface area contributed by atoms with Crippen LogP contribution >= 0.6 is 0 Å². The molecular weight excluding hydrogens is 252 g/mol. The molecule has 1 N–H and O–H groups in total. The number of ketones is 1. The van der Waals surface area contributed by atoms with Crippen LogP contribution in [-0.2, 0) is 11.3 Å².